The Morgan fingerprint density at radius 1 is 1.11 bits per heavy atom. The molecular weight excluding hydrogens is 239 g/mol. The lowest BCUT2D eigenvalue weighted by Gasteiger charge is -1.98. The van der Waals surface area contributed by atoms with Crippen LogP contribution in [0.25, 0.3) is 0 Å². The van der Waals surface area contributed by atoms with Crippen LogP contribution in [0.4, 0.5) is 0 Å². The fraction of sp³-hybridized carbons (Fsp3) is 0.417. The molecule has 0 aliphatic carbocycles. The van der Waals surface area contributed by atoms with Crippen LogP contribution < -0.4 is 4.57 Å². The third-order valence-electron chi connectivity index (χ3n) is 2.37. The van der Waals surface area contributed by atoms with Gasteiger partial charge in [0.15, 0.2) is 0 Å². The molecule has 0 aliphatic heterocycles. The van der Waals surface area contributed by atoms with Gasteiger partial charge in [-0.05, 0) is 6.42 Å². The van der Waals surface area contributed by atoms with Crippen LogP contribution in [0.2, 0.25) is 0 Å². The van der Waals surface area contributed by atoms with Crippen LogP contribution in [0.1, 0.15) is 19.8 Å². The highest BCUT2D eigenvalue weighted by atomic mass is 15.1. The van der Waals surface area contributed by atoms with E-state index >= 15 is 0 Å². The molecule has 0 saturated carbocycles. The minimum atomic E-state index is -2.72. The first kappa shape index (κ1) is 16.2. The van der Waals surface area contributed by atoms with Crippen LogP contribution in [-0.4, -0.2) is 10.7 Å². The Hall–Kier alpha value is -2.77. The number of imidazole rings is 1. The monoisotopic (exact) mass is 254 g/mol. The lowest BCUT2D eigenvalue weighted by atomic mass is 9.30. The van der Waals surface area contributed by atoms with Gasteiger partial charge in [0.2, 0.25) is 6.33 Å². The lowest BCUT2D eigenvalue weighted by Crippen LogP contribution is -2.30. The Kier molecular flexibility index (Phi) is 7.13. The molecule has 0 bridgehead atoms. The second kappa shape index (κ2) is 8.34. The average molecular weight is 254 g/mol. The third kappa shape index (κ3) is 5.40. The number of hydrogen-bond acceptors (Lipinski definition) is 4. The number of aromatic nitrogens is 2. The highest BCUT2D eigenvalue weighted by molar-refractivity contribution is 7.05. The van der Waals surface area contributed by atoms with Gasteiger partial charge in [0.25, 0.3) is 0 Å². The van der Waals surface area contributed by atoms with Gasteiger partial charge < -0.3 is 0 Å². The molecule has 0 aliphatic rings. The molecule has 1 rings (SSSR count). The quantitative estimate of drug-likeness (QED) is 0.587. The van der Waals surface area contributed by atoms with Crippen LogP contribution in [0.3, 0.4) is 0 Å². The Bertz CT molecular complexity index is 501. The van der Waals surface area contributed by atoms with Crippen LogP contribution in [-0.2, 0) is 13.6 Å². The Morgan fingerprint density at radius 3 is 1.89 bits per heavy atom. The maximum atomic E-state index is 8.09. The van der Waals surface area contributed by atoms with Crippen molar-refractivity contribution in [3.63, 3.8) is 0 Å². The largest absolute Gasteiger partial charge is 0.383 e. The molecule has 7 heteroatoms. The van der Waals surface area contributed by atoms with Crippen molar-refractivity contribution in [2.24, 2.45) is 7.05 Å². The molecular formula is C12H15BN6. The van der Waals surface area contributed by atoms with Crippen molar-refractivity contribution in [1.29, 1.82) is 21.0 Å². The summed E-state index contributed by atoms with van der Waals surface area (Å²) in [6, 6.07) is 0. The van der Waals surface area contributed by atoms with Gasteiger partial charge in [0.05, 0.1) is 13.6 Å². The van der Waals surface area contributed by atoms with Crippen molar-refractivity contribution >= 4 is 6.15 Å². The number of rotatable bonds is 3. The van der Waals surface area contributed by atoms with E-state index in [2.05, 4.69) is 34.8 Å². The summed E-state index contributed by atoms with van der Waals surface area (Å²) in [5.74, 6) is 5.38. The number of nitriles is 4. The first-order chi connectivity index (χ1) is 9.07. The maximum Gasteiger partial charge on any atom is 0.383 e. The van der Waals surface area contributed by atoms with E-state index in [0.717, 1.165) is 6.54 Å². The second-order valence-electron chi connectivity index (χ2n) is 4.05. The zero-order valence-electron chi connectivity index (χ0n) is 11.1. The molecule has 0 amide bonds. The summed E-state index contributed by atoms with van der Waals surface area (Å²) in [6.07, 6.45) is 6.09. The molecule has 96 valence electrons. The first-order valence-corrected chi connectivity index (χ1v) is 5.89. The average Bonchev–Trinajstić information content (AvgIpc) is 2.86. The summed E-state index contributed by atoms with van der Waals surface area (Å²) in [5, 5.41) is 32.3. The van der Waals surface area contributed by atoms with Gasteiger partial charge in [-0.1, -0.05) is 13.3 Å². The SMILES string of the molecule is CCCC[n+]1ccn(C)c1.N#C[B-](C#N)(C#N)C#N. The van der Waals surface area contributed by atoms with Gasteiger partial charge in [-0.15, -0.1) is 23.9 Å². The minimum Gasteiger partial charge on any atom is -0.245 e. The number of unbranched alkanes of at least 4 members (excludes halogenated alkanes) is 1. The highest BCUT2D eigenvalue weighted by Gasteiger charge is 2.22. The van der Waals surface area contributed by atoms with E-state index in [0.29, 0.717) is 0 Å². The summed E-state index contributed by atoms with van der Waals surface area (Å²) in [7, 11) is 2.04. The molecule has 0 N–H and O–H groups in total. The lowest BCUT2D eigenvalue weighted by molar-refractivity contribution is -0.696. The van der Waals surface area contributed by atoms with Crippen LogP contribution >= 0.6 is 0 Å². The molecule has 19 heavy (non-hydrogen) atoms. The fourth-order valence-corrected chi connectivity index (χ4v) is 1.15. The van der Waals surface area contributed by atoms with Crippen molar-refractivity contribution in [3.8, 4) is 23.9 Å². The van der Waals surface area contributed by atoms with Crippen molar-refractivity contribution < 1.29 is 4.57 Å². The molecule has 0 aromatic carbocycles. The molecule has 0 unspecified atom stereocenters. The van der Waals surface area contributed by atoms with E-state index in [4.69, 9.17) is 21.0 Å². The Morgan fingerprint density at radius 2 is 1.63 bits per heavy atom. The minimum absolute atomic E-state index is 1.15. The van der Waals surface area contributed by atoms with Crippen molar-refractivity contribution in [3.05, 3.63) is 18.7 Å². The standard InChI is InChI=1S/C8H15N2.C4BN4/c1-3-4-5-10-7-6-9(2)8-10;6-1-5(2-7,3-8)4-9/h6-8H,3-5H2,1-2H3;/q+1;-1. The predicted molar refractivity (Wildman–Crippen MR) is 68.7 cm³/mol. The predicted octanol–water partition coefficient (Wildman–Crippen LogP) is 0.799. The maximum absolute atomic E-state index is 8.09. The third-order valence-corrected chi connectivity index (χ3v) is 2.37. The van der Waals surface area contributed by atoms with Crippen LogP contribution in [0.15, 0.2) is 18.7 Å². The van der Waals surface area contributed by atoms with Crippen LogP contribution in [0, 0.1) is 44.9 Å². The van der Waals surface area contributed by atoms with Gasteiger partial charge >= 0.3 is 6.15 Å². The summed E-state index contributed by atoms with van der Waals surface area (Å²) in [6.45, 7) is 3.36. The zero-order valence-corrected chi connectivity index (χ0v) is 11.1. The highest BCUT2D eigenvalue weighted by Crippen LogP contribution is 1.92. The van der Waals surface area contributed by atoms with Gasteiger partial charge in [-0.2, -0.15) is 0 Å². The smallest absolute Gasteiger partial charge is 0.245 e. The molecule has 0 saturated heterocycles. The van der Waals surface area contributed by atoms with Gasteiger partial charge in [0.1, 0.15) is 12.4 Å². The molecule has 0 spiro atoms. The van der Waals surface area contributed by atoms with Crippen LogP contribution in [0.5, 0.6) is 0 Å². The van der Waals surface area contributed by atoms with E-state index in [-0.39, 0.29) is 0 Å². The van der Waals surface area contributed by atoms with Crippen molar-refractivity contribution in [1.82, 2.24) is 4.57 Å². The normalized spacial score (nSPS) is 8.95. The summed E-state index contributed by atoms with van der Waals surface area (Å²) in [5.41, 5.74) is 0. The molecule has 0 atom stereocenters. The summed E-state index contributed by atoms with van der Waals surface area (Å²) >= 11 is 0. The topological polar surface area (TPSA) is 104 Å². The zero-order chi connectivity index (χ0) is 14.7. The molecule has 0 fully saturated rings. The van der Waals surface area contributed by atoms with Gasteiger partial charge in [-0.25, -0.2) is 30.2 Å². The van der Waals surface area contributed by atoms with E-state index in [1.54, 1.807) is 0 Å². The van der Waals surface area contributed by atoms with E-state index in [1.807, 2.05) is 7.05 Å². The summed E-state index contributed by atoms with van der Waals surface area (Å²) in [4.78, 5) is 0. The van der Waals surface area contributed by atoms with E-state index in [1.165, 1.54) is 36.7 Å². The second-order valence-corrected chi connectivity index (χ2v) is 4.05. The van der Waals surface area contributed by atoms with Gasteiger partial charge in [-0.3, -0.25) is 0 Å². The van der Waals surface area contributed by atoms with Crippen molar-refractivity contribution in [2.75, 3.05) is 0 Å². The number of aryl methyl sites for hydroxylation is 2. The molecule has 1 heterocycles. The summed E-state index contributed by atoms with van der Waals surface area (Å²) < 4.78 is 4.28. The number of nitrogens with zero attached hydrogens (tertiary/aromatic N) is 6. The molecule has 0 radical (unpaired) electrons. The first-order valence-electron chi connectivity index (χ1n) is 5.89. The molecule has 1 aromatic heterocycles. The Balaban J connectivity index is 0.000000344. The van der Waals surface area contributed by atoms with Gasteiger partial charge in [0, 0.05) is 0 Å². The van der Waals surface area contributed by atoms with Crippen molar-refractivity contribution in [2.45, 2.75) is 26.3 Å². The Labute approximate surface area is 113 Å². The van der Waals surface area contributed by atoms with E-state index < -0.39 is 6.15 Å². The fourth-order valence-electron chi connectivity index (χ4n) is 1.15. The van der Waals surface area contributed by atoms with E-state index in [9.17, 15) is 0 Å². The molecule has 1 aromatic rings. The number of hydrogen-bond donors (Lipinski definition) is 0. The molecule has 6 nitrogen and oxygen atoms in total.